The Morgan fingerprint density at radius 1 is 1.36 bits per heavy atom. The van der Waals surface area contributed by atoms with E-state index in [0.717, 1.165) is 11.8 Å². The first-order chi connectivity index (χ1) is 11.9. The van der Waals surface area contributed by atoms with Gasteiger partial charge in [0.1, 0.15) is 5.82 Å². The third kappa shape index (κ3) is 4.79. The average molecular weight is 385 g/mol. The van der Waals surface area contributed by atoms with Gasteiger partial charge in [-0.1, -0.05) is 30.0 Å². The quantitative estimate of drug-likeness (QED) is 0.752. The highest BCUT2D eigenvalue weighted by atomic mass is 32.2. The van der Waals surface area contributed by atoms with Crippen LogP contribution in [0.15, 0.2) is 33.9 Å². The molecule has 0 bridgehead atoms. The summed E-state index contributed by atoms with van der Waals surface area (Å²) in [6.45, 7) is 0.0983. The number of amides is 1. The summed E-state index contributed by atoms with van der Waals surface area (Å²) in [6, 6.07) is 6.21. The van der Waals surface area contributed by atoms with Gasteiger partial charge >= 0.3 is 0 Å². The molecule has 1 aromatic carbocycles. The molecule has 134 valence electrons. The lowest BCUT2D eigenvalue weighted by atomic mass is 10.1. The zero-order valence-corrected chi connectivity index (χ0v) is 14.8. The number of nitrogens with one attached hydrogen (secondary N) is 1. The van der Waals surface area contributed by atoms with Gasteiger partial charge in [-0.3, -0.25) is 4.79 Å². The molecule has 1 fully saturated rings. The minimum absolute atomic E-state index is 0.0163. The third-order valence-corrected chi connectivity index (χ3v) is 6.35. The number of halogens is 1. The fourth-order valence-corrected chi connectivity index (χ4v) is 4.78. The van der Waals surface area contributed by atoms with Crippen LogP contribution >= 0.6 is 11.8 Å². The van der Waals surface area contributed by atoms with Crippen molar-refractivity contribution in [3.8, 4) is 0 Å². The zero-order valence-electron chi connectivity index (χ0n) is 13.1. The van der Waals surface area contributed by atoms with E-state index in [1.165, 1.54) is 6.07 Å². The topological polar surface area (TPSA) is 102 Å². The molecule has 2 aromatic rings. The number of rotatable bonds is 6. The first kappa shape index (κ1) is 17.9. The Kier molecular flexibility index (Phi) is 5.38. The van der Waals surface area contributed by atoms with Crippen LogP contribution in [0.25, 0.3) is 0 Å². The van der Waals surface area contributed by atoms with Gasteiger partial charge in [-0.2, -0.15) is 0 Å². The Balaban J connectivity index is 1.47. The van der Waals surface area contributed by atoms with E-state index in [1.54, 1.807) is 18.2 Å². The van der Waals surface area contributed by atoms with Crippen LogP contribution in [0.4, 0.5) is 4.39 Å². The van der Waals surface area contributed by atoms with Crippen molar-refractivity contribution in [1.29, 1.82) is 0 Å². The largest absolute Gasteiger partial charge is 0.416 e. The maximum Gasteiger partial charge on any atom is 0.277 e. The summed E-state index contributed by atoms with van der Waals surface area (Å²) < 4.78 is 41.8. The monoisotopic (exact) mass is 385 g/mol. The summed E-state index contributed by atoms with van der Waals surface area (Å²) in [4.78, 5) is 11.8. The van der Waals surface area contributed by atoms with Crippen molar-refractivity contribution in [1.82, 2.24) is 15.5 Å². The third-order valence-electron chi connectivity index (χ3n) is 3.76. The maximum atomic E-state index is 13.5. The number of aromatic nitrogens is 2. The van der Waals surface area contributed by atoms with E-state index in [-0.39, 0.29) is 52.6 Å². The fourth-order valence-electron chi connectivity index (χ4n) is 2.45. The lowest BCUT2D eigenvalue weighted by Crippen LogP contribution is -2.25. The molecule has 0 aliphatic carbocycles. The highest BCUT2D eigenvalue weighted by molar-refractivity contribution is 7.99. The van der Waals surface area contributed by atoms with E-state index in [9.17, 15) is 17.6 Å². The Morgan fingerprint density at radius 3 is 2.88 bits per heavy atom. The Bertz CT molecular complexity index is 869. The SMILES string of the molecule is O=C(CSc1nnc(C2CCS(=O)(=O)C2)o1)NCc1ccccc1F. The first-order valence-corrected chi connectivity index (χ1v) is 10.4. The van der Waals surface area contributed by atoms with Crippen molar-refractivity contribution in [2.24, 2.45) is 0 Å². The number of sulfone groups is 1. The molecule has 10 heteroatoms. The second-order valence-electron chi connectivity index (χ2n) is 5.66. The minimum Gasteiger partial charge on any atom is -0.416 e. The van der Waals surface area contributed by atoms with Crippen LogP contribution in [0.1, 0.15) is 23.8 Å². The Hall–Kier alpha value is -1.94. The Morgan fingerprint density at radius 2 is 2.16 bits per heavy atom. The maximum absolute atomic E-state index is 13.5. The number of benzene rings is 1. The summed E-state index contributed by atoms with van der Waals surface area (Å²) in [7, 11) is -3.03. The van der Waals surface area contributed by atoms with E-state index < -0.39 is 9.84 Å². The van der Waals surface area contributed by atoms with E-state index in [2.05, 4.69) is 15.5 Å². The van der Waals surface area contributed by atoms with E-state index in [1.807, 2.05) is 0 Å². The van der Waals surface area contributed by atoms with Crippen molar-refractivity contribution in [2.75, 3.05) is 17.3 Å². The van der Waals surface area contributed by atoms with Crippen LogP contribution in [0.3, 0.4) is 0 Å². The number of nitrogens with zero attached hydrogens (tertiary/aromatic N) is 2. The highest BCUT2D eigenvalue weighted by Crippen LogP contribution is 2.29. The molecule has 7 nitrogen and oxygen atoms in total. The van der Waals surface area contributed by atoms with E-state index in [4.69, 9.17) is 4.42 Å². The minimum atomic E-state index is -3.03. The lowest BCUT2D eigenvalue weighted by Gasteiger charge is -2.05. The van der Waals surface area contributed by atoms with Gasteiger partial charge in [0.25, 0.3) is 5.22 Å². The molecular formula is C15H16FN3O4S2. The highest BCUT2D eigenvalue weighted by Gasteiger charge is 2.32. The molecule has 1 aliphatic heterocycles. The first-order valence-electron chi connectivity index (χ1n) is 7.60. The van der Waals surface area contributed by atoms with Crippen molar-refractivity contribution in [3.63, 3.8) is 0 Å². The molecule has 0 radical (unpaired) electrons. The summed E-state index contributed by atoms with van der Waals surface area (Å²) in [5.74, 6) is -0.473. The number of thioether (sulfide) groups is 1. The molecule has 0 spiro atoms. The molecule has 1 aromatic heterocycles. The van der Waals surface area contributed by atoms with Crippen molar-refractivity contribution >= 4 is 27.5 Å². The molecular weight excluding hydrogens is 369 g/mol. The van der Waals surface area contributed by atoms with Gasteiger partial charge in [0.05, 0.1) is 23.2 Å². The fraction of sp³-hybridized carbons (Fsp3) is 0.400. The van der Waals surface area contributed by atoms with Crippen LogP contribution in [-0.4, -0.2) is 41.8 Å². The van der Waals surface area contributed by atoms with Crippen molar-refractivity contribution in [2.45, 2.75) is 24.1 Å². The van der Waals surface area contributed by atoms with Gasteiger partial charge in [-0.25, -0.2) is 12.8 Å². The summed E-state index contributed by atoms with van der Waals surface area (Å²) in [5.41, 5.74) is 0.406. The van der Waals surface area contributed by atoms with Gasteiger partial charge in [0.15, 0.2) is 9.84 Å². The number of hydrogen-bond donors (Lipinski definition) is 1. The predicted molar refractivity (Wildman–Crippen MR) is 89.3 cm³/mol. The van der Waals surface area contributed by atoms with E-state index >= 15 is 0 Å². The standard InChI is InChI=1S/C15H16FN3O4S2/c16-12-4-2-1-3-10(12)7-17-13(20)8-24-15-19-18-14(23-15)11-5-6-25(21,22)9-11/h1-4,11H,5-9H2,(H,17,20). The molecule has 0 saturated carbocycles. The molecule has 2 heterocycles. The molecule has 1 atom stereocenters. The van der Waals surface area contributed by atoms with Gasteiger partial charge in [0, 0.05) is 12.1 Å². The molecule has 1 saturated heterocycles. The summed E-state index contributed by atoms with van der Waals surface area (Å²) in [6.07, 6.45) is 0.470. The van der Waals surface area contributed by atoms with Crippen molar-refractivity contribution in [3.05, 3.63) is 41.5 Å². The van der Waals surface area contributed by atoms with Gasteiger partial charge < -0.3 is 9.73 Å². The number of carbonyl (C=O) groups excluding carboxylic acids is 1. The average Bonchev–Trinajstić information content (AvgIpc) is 3.18. The summed E-state index contributed by atoms with van der Waals surface area (Å²) >= 11 is 1.05. The second kappa shape index (κ2) is 7.52. The molecule has 25 heavy (non-hydrogen) atoms. The van der Waals surface area contributed by atoms with E-state index in [0.29, 0.717) is 12.0 Å². The molecule has 1 unspecified atom stereocenters. The number of carbonyl (C=O) groups is 1. The van der Waals surface area contributed by atoms with Gasteiger partial charge in [-0.15, -0.1) is 10.2 Å². The van der Waals surface area contributed by atoms with Gasteiger partial charge in [-0.05, 0) is 12.5 Å². The number of hydrogen-bond acceptors (Lipinski definition) is 7. The smallest absolute Gasteiger partial charge is 0.277 e. The lowest BCUT2D eigenvalue weighted by molar-refractivity contribution is -0.118. The van der Waals surface area contributed by atoms with Crippen LogP contribution < -0.4 is 5.32 Å². The molecule has 1 amide bonds. The predicted octanol–water partition coefficient (Wildman–Crippen LogP) is 1.52. The zero-order chi connectivity index (χ0) is 17.9. The second-order valence-corrected chi connectivity index (χ2v) is 8.82. The summed E-state index contributed by atoms with van der Waals surface area (Å²) in [5, 5.41) is 10.5. The molecule has 3 rings (SSSR count). The molecule has 1 aliphatic rings. The van der Waals surface area contributed by atoms with Crippen LogP contribution in [0, 0.1) is 5.82 Å². The molecule has 1 N–H and O–H groups in total. The van der Waals surface area contributed by atoms with Crippen LogP contribution in [-0.2, 0) is 21.2 Å². The van der Waals surface area contributed by atoms with Crippen molar-refractivity contribution < 1.29 is 22.0 Å². The Labute approximate surface area is 148 Å². The van der Waals surface area contributed by atoms with Crippen LogP contribution in [0.2, 0.25) is 0 Å². The normalized spacial score (nSPS) is 19.0. The van der Waals surface area contributed by atoms with Gasteiger partial charge in [0.2, 0.25) is 11.8 Å². The van der Waals surface area contributed by atoms with Crippen LogP contribution in [0.5, 0.6) is 0 Å².